The maximum Gasteiger partial charge on any atom is 0.254 e. The van der Waals surface area contributed by atoms with Gasteiger partial charge in [-0.05, 0) is 37.0 Å². The molecule has 18 heavy (non-hydrogen) atoms. The van der Waals surface area contributed by atoms with Gasteiger partial charge in [0.15, 0.2) is 0 Å². The highest BCUT2D eigenvalue weighted by molar-refractivity contribution is 5.87. The van der Waals surface area contributed by atoms with E-state index >= 15 is 0 Å². The molecule has 96 valence electrons. The van der Waals surface area contributed by atoms with E-state index in [2.05, 4.69) is 11.6 Å². The van der Waals surface area contributed by atoms with Gasteiger partial charge >= 0.3 is 0 Å². The number of carbonyl (C=O) groups excluding carboxylic acids is 1. The zero-order valence-corrected chi connectivity index (χ0v) is 10.8. The second-order valence-electron chi connectivity index (χ2n) is 5.01. The molecule has 0 aromatic carbocycles. The van der Waals surface area contributed by atoms with Crippen LogP contribution in [0.1, 0.15) is 31.0 Å². The molecule has 1 saturated carbocycles. The molecule has 1 fully saturated rings. The molecule has 0 aliphatic heterocycles. The van der Waals surface area contributed by atoms with E-state index in [-0.39, 0.29) is 5.91 Å². The number of allylic oxidation sites excluding steroid dienone is 1. The van der Waals surface area contributed by atoms with Crippen LogP contribution >= 0.6 is 0 Å². The third kappa shape index (κ3) is 2.59. The van der Waals surface area contributed by atoms with Crippen LogP contribution in [-0.2, 0) is 11.3 Å². The Morgan fingerprint density at radius 3 is 2.67 bits per heavy atom. The van der Waals surface area contributed by atoms with Gasteiger partial charge in [-0.1, -0.05) is 12.6 Å². The number of carbonyl (C=O) groups is 1. The molecule has 1 N–H and O–H groups in total. The van der Waals surface area contributed by atoms with Gasteiger partial charge in [0.1, 0.15) is 5.60 Å². The summed E-state index contributed by atoms with van der Waals surface area (Å²) in [6.45, 7) is 6.19. The lowest BCUT2D eigenvalue weighted by Crippen LogP contribution is -2.37. The van der Waals surface area contributed by atoms with Gasteiger partial charge < -0.3 is 10.0 Å². The first-order valence-electron chi connectivity index (χ1n) is 6.01. The molecular weight excluding hydrogens is 228 g/mol. The fourth-order valence-corrected chi connectivity index (χ4v) is 1.77. The van der Waals surface area contributed by atoms with E-state index in [0.717, 1.165) is 16.8 Å². The molecule has 1 aliphatic carbocycles. The number of rotatable bonds is 4. The molecule has 4 heteroatoms. The fourth-order valence-electron chi connectivity index (χ4n) is 1.77. The molecule has 1 aromatic heterocycles. The molecule has 2 rings (SSSR count). The molecule has 0 radical (unpaired) electrons. The molecule has 1 aliphatic rings. The zero-order valence-electron chi connectivity index (χ0n) is 10.8. The van der Waals surface area contributed by atoms with Gasteiger partial charge in [0, 0.05) is 13.2 Å². The number of pyridine rings is 1. The maximum absolute atomic E-state index is 11.8. The Hall–Kier alpha value is -1.68. The number of aromatic nitrogens is 1. The second kappa shape index (κ2) is 4.53. The first kappa shape index (κ1) is 12.8. The number of nitrogens with zero attached hydrogens (tertiary/aromatic N) is 2. The fraction of sp³-hybridized carbons (Fsp3) is 0.429. The number of likely N-dealkylation sites (N-methyl/N-ethyl adjacent to an activating group) is 1. The first-order valence-corrected chi connectivity index (χ1v) is 6.01. The van der Waals surface area contributed by atoms with Crippen LogP contribution in [0.5, 0.6) is 0 Å². The molecule has 0 unspecified atom stereocenters. The van der Waals surface area contributed by atoms with E-state index in [1.165, 1.54) is 4.90 Å². The van der Waals surface area contributed by atoms with Crippen molar-refractivity contribution < 1.29 is 9.90 Å². The van der Waals surface area contributed by atoms with Crippen LogP contribution < -0.4 is 0 Å². The normalized spacial score (nSPS) is 16.2. The van der Waals surface area contributed by atoms with Crippen LogP contribution in [0.25, 0.3) is 5.57 Å². The van der Waals surface area contributed by atoms with E-state index in [4.69, 9.17) is 0 Å². The van der Waals surface area contributed by atoms with Gasteiger partial charge in [-0.15, -0.1) is 0 Å². The van der Waals surface area contributed by atoms with Crippen molar-refractivity contribution in [3.8, 4) is 0 Å². The van der Waals surface area contributed by atoms with E-state index < -0.39 is 5.60 Å². The molecule has 0 atom stereocenters. The van der Waals surface area contributed by atoms with Crippen LogP contribution in [0.4, 0.5) is 0 Å². The van der Waals surface area contributed by atoms with Gasteiger partial charge in [0.2, 0.25) is 0 Å². The van der Waals surface area contributed by atoms with Gasteiger partial charge in [0.05, 0.1) is 12.2 Å². The van der Waals surface area contributed by atoms with Crippen molar-refractivity contribution in [2.75, 3.05) is 7.05 Å². The molecule has 0 saturated heterocycles. The Bertz CT molecular complexity index is 475. The summed E-state index contributed by atoms with van der Waals surface area (Å²) in [5.41, 5.74) is 1.66. The standard InChI is InChI=1S/C14H18N2O2/c1-10(2)11-4-5-12(15-8-11)9-16(3)13(17)14(18)6-7-14/h4-5,8,18H,1,6-7,9H2,2-3H3. The van der Waals surface area contributed by atoms with Crippen molar-refractivity contribution in [2.24, 2.45) is 0 Å². The zero-order chi connectivity index (χ0) is 13.3. The minimum atomic E-state index is -1.10. The predicted octanol–water partition coefficient (Wildman–Crippen LogP) is 1.60. The van der Waals surface area contributed by atoms with Crippen molar-refractivity contribution in [2.45, 2.75) is 31.9 Å². The lowest BCUT2D eigenvalue weighted by atomic mass is 10.1. The van der Waals surface area contributed by atoms with Crippen molar-refractivity contribution in [3.05, 3.63) is 36.2 Å². The summed E-state index contributed by atoms with van der Waals surface area (Å²) in [7, 11) is 1.69. The lowest BCUT2D eigenvalue weighted by molar-refractivity contribution is -0.141. The van der Waals surface area contributed by atoms with E-state index in [1.54, 1.807) is 13.2 Å². The molecule has 4 nitrogen and oxygen atoms in total. The number of amides is 1. The summed E-state index contributed by atoms with van der Waals surface area (Å²) in [6.07, 6.45) is 2.89. The maximum atomic E-state index is 11.8. The number of hydrogen-bond donors (Lipinski definition) is 1. The molecule has 1 aromatic rings. The summed E-state index contributed by atoms with van der Waals surface area (Å²) in [5, 5.41) is 9.74. The van der Waals surface area contributed by atoms with Crippen LogP contribution in [0, 0.1) is 0 Å². The molecular formula is C14H18N2O2. The van der Waals surface area contributed by atoms with E-state index in [1.807, 2.05) is 19.1 Å². The highest BCUT2D eigenvalue weighted by Gasteiger charge is 2.49. The SMILES string of the molecule is C=C(C)c1ccc(CN(C)C(=O)C2(O)CC2)nc1. The minimum Gasteiger partial charge on any atom is -0.380 e. The molecule has 1 heterocycles. The van der Waals surface area contributed by atoms with Gasteiger partial charge in [-0.3, -0.25) is 9.78 Å². The average Bonchev–Trinajstić information content (AvgIpc) is 3.08. The van der Waals surface area contributed by atoms with Crippen molar-refractivity contribution in [1.29, 1.82) is 0 Å². The van der Waals surface area contributed by atoms with Gasteiger partial charge in [0.25, 0.3) is 5.91 Å². The Kier molecular flexibility index (Phi) is 3.22. The molecule has 1 amide bonds. The number of hydrogen-bond acceptors (Lipinski definition) is 3. The van der Waals surface area contributed by atoms with Crippen LogP contribution in [0.3, 0.4) is 0 Å². The Morgan fingerprint density at radius 2 is 2.22 bits per heavy atom. The van der Waals surface area contributed by atoms with Crippen molar-refractivity contribution in [1.82, 2.24) is 9.88 Å². The third-order valence-electron chi connectivity index (χ3n) is 3.19. The Labute approximate surface area is 107 Å². The quantitative estimate of drug-likeness (QED) is 0.878. The van der Waals surface area contributed by atoms with Crippen LogP contribution in [-0.4, -0.2) is 33.5 Å². The summed E-state index contributed by atoms with van der Waals surface area (Å²) < 4.78 is 0. The Balaban J connectivity index is 2.00. The van der Waals surface area contributed by atoms with Crippen molar-refractivity contribution in [3.63, 3.8) is 0 Å². The lowest BCUT2D eigenvalue weighted by Gasteiger charge is -2.19. The first-order chi connectivity index (χ1) is 8.42. The average molecular weight is 246 g/mol. The third-order valence-corrected chi connectivity index (χ3v) is 3.19. The molecule has 0 bridgehead atoms. The van der Waals surface area contributed by atoms with Crippen molar-refractivity contribution >= 4 is 11.5 Å². The topological polar surface area (TPSA) is 53.4 Å². The second-order valence-corrected chi connectivity index (χ2v) is 5.01. The highest BCUT2D eigenvalue weighted by Crippen LogP contribution is 2.36. The summed E-state index contributed by atoms with van der Waals surface area (Å²) in [6, 6.07) is 3.82. The minimum absolute atomic E-state index is 0.215. The van der Waals surface area contributed by atoms with Crippen LogP contribution in [0.15, 0.2) is 24.9 Å². The van der Waals surface area contributed by atoms with E-state index in [0.29, 0.717) is 19.4 Å². The largest absolute Gasteiger partial charge is 0.380 e. The summed E-state index contributed by atoms with van der Waals surface area (Å²) in [5.74, 6) is -0.215. The highest BCUT2D eigenvalue weighted by atomic mass is 16.3. The van der Waals surface area contributed by atoms with Crippen LogP contribution in [0.2, 0.25) is 0 Å². The smallest absolute Gasteiger partial charge is 0.254 e. The summed E-state index contributed by atoms with van der Waals surface area (Å²) >= 11 is 0. The number of aliphatic hydroxyl groups is 1. The summed E-state index contributed by atoms with van der Waals surface area (Å²) in [4.78, 5) is 17.7. The monoisotopic (exact) mass is 246 g/mol. The van der Waals surface area contributed by atoms with Gasteiger partial charge in [-0.2, -0.15) is 0 Å². The Morgan fingerprint density at radius 1 is 1.56 bits per heavy atom. The van der Waals surface area contributed by atoms with E-state index in [9.17, 15) is 9.90 Å². The predicted molar refractivity (Wildman–Crippen MR) is 69.6 cm³/mol. The molecule has 0 spiro atoms. The van der Waals surface area contributed by atoms with Gasteiger partial charge in [-0.25, -0.2) is 0 Å².